The SMILES string of the molecule is CCOC(C)OC(S)COC. The third-order valence-corrected chi connectivity index (χ3v) is 1.33. The van der Waals surface area contributed by atoms with E-state index >= 15 is 0 Å². The summed E-state index contributed by atoms with van der Waals surface area (Å²) < 4.78 is 15.2. The molecule has 0 rings (SSSR count). The summed E-state index contributed by atoms with van der Waals surface area (Å²) in [6, 6.07) is 0. The van der Waals surface area contributed by atoms with Gasteiger partial charge in [0.2, 0.25) is 0 Å². The fourth-order valence-electron chi connectivity index (χ4n) is 0.677. The molecule has 0 aromatic rings. The molecule has 0 aliphatic rings. The Bertz CT molecular complexity index is 79.8. The molecule has 4 heteroatoms. The van der Waals surface area contributed by atoms with Crippen molar-refractivity contribution in [3.05, 3.63) is 0 Å². The molecule has 0 aromatic heterocycles. The maximum absolute atomic E-state index is 5.25. The molecule has 0 saturated carbocycles. The van der Waals surface area contributed by atoms with E-state index in [0.29, 0.717) is 13.2 Å². The van der Waals surface area contributed by atoms with Crippen LogP contribution in [0.1, 0.15) is 13.8 Å². The molecule has 2 atom stereocenters. The molecule has 0 fully saturated rings. The smallest absolute Gasteiger partial charge is 0.156 e. The fraction of sp³-hybridized carbons (Fsp3) is 1.00. The minimum absolute atomic E-state index is 0.207. The van der Waals surface area contributed by atoms with Crippen molar-refractivity contribution in [2.24, 2.45) is 0 Å². The average molecular weight is 180 g/mol. The highest BCUT2D eigenvalue weighted by atomic mass is 32.1. The maximum atomic E-state index is 5.25. The third kappa shape index (κ3) is 6.62. The lowest BCUT2D eigenvalue weighted by Crippen LogP contribution is -2.21. The fourth-order valence-corrected chi connectivity index (χ4v) is 0.998. The molecule has 68 valence electrons. The quantitative estimate of drug-likeness (QED) is 0.493. The van der Waals surface area contributed by atoms with E-state index in [2.05, 4.69) is 12.6 Å². The lowest BCUT2D eigenvalue weighted by Gasteiger charge is -2.17. The second-order valence-corrected chi connectivity index (χ2v) is 2.65. The Morgan fingerprint density at radius 1 is 1.45 bits per heavy atom. The first-order chi connectivity index (χ1) is 5.20. The number of hydrogen-bond donors (Lipinski definition) is 1. The number of rotatable bonds is 6. The molecule has 0 spiro atoms. The molecular formula is C7H16O3S. The summed E-state index contributed by atoms with van der Waals surface area (Å²) in [5, 5.41) is 0. The predicted molar refractivity (Wildman–Crippen MR) is 46.8 cm³/mol. The van der Waals surface area contributed by atoms with Gasteiger partial charge in [0, 0.05) is 13.7 Å². The van der Waals surface area contributed by atoms with Crippen LogP contribution in [0.15, 0.2) is 0 Å². The van der Waals surface area contributed by atoms with Crippen molar-refractivity contribution in [1.82, 2.24) is 0 Å². The van der Waals surface area contributed by atoms with Crippen molar-refractivity contribution in [3.63, 3.8) is 0 Å². The number of hydrogen-bond acceptors (Lipinski definition) is 4. The molecule has 0 aliphatic heterocycles. The van der Waals surface area contributed by atoms with Crippen molar-refractivity contribution >= 4 is 12.6 Å². The van der Waals surface area contributed by atoms with Gasteiger partial charge in [-0.05, 0) is 13.8 Å². The van der Waals surface area contributed by atoms with Gasteiger partial charge in [0.1, 0.15) is 5.44 Å². The topological polar surface area (TPSA) is 27.7 Å². The van der Waals surface area contributed by atoms with Crippen LogP contribution in [0.4, 0.5) is 0 Å². The monoisotopic (exact) mass is 180 g/mol. The largest absolute Gasteiger partial charge is 0.381 e. The standard InChI is InChI=1S/C7H16O3S/c1-4-9-6(2)10-7(11)5-8-3/h6-7,11H,4-5H2,1-3H3. The molecule has 3 nitrogen and oxygen atoms in total. The van der Waals surface area contributed by atoms with Crippen LogP contribution in [0.25, 0.3) is 0 Å². The third-order valence-electron chi connectivity index (χ3n) is 1.06. The molecule has 0 saturated heterocycles. The van der Waals surface area contributed by atoms with Gasteiger partial charge in [-0.25, -0.2) is 0 Å². The van der Waals surface area contributed by atoms with Gasteiger partial charge >= 0.3 is 0 Å². The molecule has 0 aliphatic carbocycles. The van der Waals surface area contributed by atoms with Gasteiger partial charge in [-0.2, -0.15) is 0 Å². The van der Waals surface area contributed by atoms with Gasteiger partial charge in [0.05, 0.1) is 6.61 Å². The summed E-state index contributed by atoms with van der Waals surface area (Å²) >= 11 is 4.12. The minimum Gasteiger partial charge on any atom is -0.381 e. The van der Waals surface area contributed by atoms with E-state index in [9.17, 15) is 0 Å². The summed E-state index contributed by atoms with van der Waals surface area (Å²) in [7, 11) is 1.61. The maximum Gasteiger partial charge on any atom is 0.156 e. The molecule has 0 radical (unpaired) electrons. The first-order valence-corrected chi connectivity index (χ1v) is 4.16. The Morgan fingerprint density at radius 3 is 2.55 bits per heavy atom. The summed E-state index contributed by atoms with van der Waals surface area (Å²) in [5.74, 6) is 0. The van der Waals surface area contributed by atoms with Crippen LogP contribution in [-0.2, 0) is 14.2 Å². The highest BCUT2D eigenvalue weighted by Gasteiger charge is 2.07. The first kappa shape index (κ1) is 11.2. The molecule has 0 amide bonds. The van der Waals surface area contributed by atoms with Gasteiger partial charge in [-0.15, -0.1) is 12.6 Å². The van der Waals surface area contributed by atoms with Crippen LogP contribution in [0.3, 0.4) is 0 Å². The summed E-state index contributed by atoms with van der Waals surface area (Å²) in [4.78, 5) is 0. The van der Waals surface area contributed by atoms with Crippen molar-refractivity contribution < 1.29 is 14.2 Å². The van der Waals surface area contributed by atoms with E-state index < -0.39 is 0 Å². The highest BCUT2D eigenvalue weighted by Crippen LogP contribution is 2.03. The summed E-state index contributed by atoms with van der Waals surface area (Å²) in [6.45, 7) is 4.88. The number of methoxy groups -OCH3 is 1. The van der Waals surface area contributed by atoms with Crippen molar-refractivity contribution in [2.75, 3.05) is 20.3 Å². The van der Waals surface area contributed by atoms with Gasteiger partial charge in [-0.1, -0.05) is 0 Å². The second kappa shape index (κ2) is 6.91. The van der Waals surface area contributed by atoms with Gasteiger partial charge < -0.3 is 14.2 Å². The first-order valence-electron chi connectivity index (χ1n) is 3.64. The van der Waals surface area contributed by atoms with E-state index in [0.717, 1.165) is 0 Å². The molecule has 0 N–H and O–H groups in total. The van der Waals surface area contributed by atoms with Gasteiger partial charge in [0.15, 0.2) is 6.29 Å². The Balaban J connectivity index is 3.32. The van der Waals surface area contributed by atoms with Crippen LogP contribution >= 0.6 is 12.6 Å². The number of ether oxygens (including phenoxy) is 3. The molecule has 0 heterocycles. The average Bonchev–Trinajstić information content (AvgIpc) is 1.87. The normalized spacial score (nSPS) is 16.4. The van der Waals surface area contributed by atoms with Gasteiger partial charge in [0.25, 0.3) is 0 Å². The van der Waals surface area contributed by atoms with E-state index in [4.69, 9.17) is 14.2 Å². The van der Waals surface area contributed by atoms with Crippen LogP contribution in [0.5, 0.6) is 0 Å². The molecule has 0 aromatic carbocycles. The molecule has 11 heavy (non-hydrogen) atoms. The number of thiol groups is 1. The van der Waals surface area contributed by atoms with Crippen molar-refractivity contribution in [3.8, 4) is 0 Å². The zero-order valence-corrected chi connectivity index (χ0v) is 8.14. The zero-order chi connectivity index (χ0) is 8.69. The Hall–Kier alpha value is 0.230. The second-order valence-electron chi connectivity index (χ2n) is 2.07. The Labute approximate surface area is 73.4 Å². The minimum atomic E-state index is -0.211. The van der Waals surface area contributed by atoms with E-state index in [1.807, 2.05) is 13.8 Å². The Morgan fingerprint density at radius 2 is 2.09 bits per heavy atom. The zero-order valence-electron chi connectivity index (χ0n) is 7.24. The van der Waals surface area contributed by atoms with Crippen LogP contribution in [0, 0.1) is 0 Å². The lowest BCUT2D eigenvalue weighted by molar-refractivity contribution is -0.144. The van der Waals surface area contributed by atoms with Crippen LogP contribution in [0.2, 0.25) is 0 Å². The van der Waals surface area contributed by atoms with E-state index in [1.54, 1.807) is 7.11 Å². The van der Waals surface area contributed by atoms with Gasteiger partial charge in [-0.3, -0.25) is 0 Å². The lowest BCUT2D eigenvalue weighted by atomic mass is 10.7. The molecule has 2 unspecified atom stereocenters. The molecular weight excluding hydrogens is 164 g/mol. The Kier molecular flexibility index (Phi) is 7.06. The highest BCUT2D eigenvalue weighted by molar-refractivity contribution is 7.80. The summed E-state index contributed by atoms with van der Waals surface area (Å²) in [5.41, 5.74) is -0.207. The van der Waals surface area contributed by atoms with Crippen LogP contribution < -0.4 is 0 Å². The molecule has 0 bridgehead atoms. The van der Waals surface area contributed by atoms with E-state index in [-0.39, 0.29) is 11.7 Å². The van der Waals surface area contributed by atoms with Crippen molar-refractivity contribution in [1.29, 1.82) is 0 Å². The summed E-state index contributed by atoms with van der Waals surface area (Å²) in [6.07, 6.45) is -0.211. The predicted octanol–water partition coefficient (Wildman–Crippen LogP) is 1.29. The van der Waals surface area contributed by atoms with E-state index in [1.165, 1.54) is 0 Å². The van der Waals surface area contributed by atoms with Crippen molar-refractivity contribution in [2.45, 2.75) is 25.6 Å². The van der Waals surface area contributed by atoms with Crippen LogP contribution in [-0.4, -0.2) is 32.0 Å².